The van der Waals surface area contributed by atoms with Crippen molar-refractivity contribution < 1.29 is 9.53 Å². The number of rotatable bonds is 5. The minimum atomic E-state index is -0.203. The lowest BCUT2D eigenvalue weighted by atomic mass is 10.1. The van der Waals surface area contributed by atoms with Gasteiger partial charge in [0.2, 0.25) is 5.91 Å². The maximum Gasteiger partial charge on any atom is 0.277 e. The van der Waals surface area contributed by atoms with E-state index in [9.17, 15) is 9.59 Å². The van der Waals surface area contributed by atoms with Crippen molar-refractivity contribution in [2.24, 2.45) is 0 Å². The Labute approximate surface area is 158 Å². The standard InChI is InChI=1S/C19H18BrN3O3/c1-12(24)21-9-10-23-17-11-14(20)5-8-16(17)22-18(19(23)25)13-3-6-15(26-2)7-4-13/h3-8,11H,9-10H2,1-2H3,(H,21,24). The maximum atomic E-state index is 13.1. The Balaban J connectivity index is 2.14. The number of nitrogens with one attached hydrogen (secondary N) is 1. The smallest absolute Gasteiger partial charge is 0.277 e. The van der Waals surface area contributed by atoms with Crippen molar-refractivity contribution in [3.63, 3.8) is 0 Å². The van der Waals surface area contributed by atoms with Crippen molar-refractivity contribution in [3.05, 3.63) is 57.3 Å². The third kappa shape index (κ3) is 3.77. The largest absolute Gasteiger partial charge is 0.497 e. The van der Waals surface area contributed by atoms with Gasteiger partial charge in [0.25, 0.3) is 5.56 Å². The minimum absolute atomic E-state index is 0.132. The van der Waals surface area contributed by atoms with E-state index in [1.807, 2.05) is 30.3 Å². The highest BCUT2D eigenvalue weighted by Gasteiger charge is 2.13. The number of benzene rings is 2. The fraction of sp³-hybridized carbons (Fsp3) is 0.211. The molecule has 7 heteroatoms. The average Bonchev–Trinajstić information content (AvgIpc) is 2.63. The van der Waals surface area contributed by atoms with Gasteiger partial charge in [-0.3, -0.25) is 9.59 Å². The van der Waals surface area contributed by atoms with Crippen LogP contribution in [0.3, 0.4) is 0 Å². The maximum absolute atomic E-state index is 13.1. The molecule has 0 fully saturated rings. The number of nitrogens with zero attached hydrogens (tertiary/aromatic N) is 2. The van der Waals surface area contributed by atoms with Crippen molar-refractivity contribution in [1.82, 2.24) is 14.9 Å². The Morgan fingerprint density at radius 2 is 1.96 bits per heavy atom. The lowest BCUT2D eigenvalue weighted by Gasteiger charge is -2.13. The second-order valence-electron chi connectivity index (χ2n) is 5.76. The molecule has 6 nitrogen and oxygen atoms in total. The quantitative estimate of drug-likeness (QED) is 0.694. The number of carbonyl (C=O) groups excluding carboxylic acids is 1. The van der Waals surface area contributed by atoms with Gasteiger partial charge < -0.3 is 14.6 Å². The molecule has 0 bridgehead atoms. The number of hydrogen-bond acceptors (Lipinski definition) is 4. The Hall–Kier alpha value is -2.67. The average molecular weight is 416 g/mol. The number of ether oxygens (including phenoxy) is 1. The highest BCUT2D eigenvalue weighted by molar-refractivity contribution is 9.10. The monoisotopic (exact) mass is 415 g/mol. The first-order valence-corrected chi connectivity index (χ1v) is 8.88. The van der Waals surface area contributed by atoms with E-state index in [-0.39, 0.29) is 11.5 Å². The van der Waals surface area contributed by atoms with Gasteiger partial charge in [0.1, 0.15) is 11.4 Å². The first kappa shape index (κ1) is 18.1. The van der Waals surface area contributed by atoms with Crippen LogP contribution < -0.4 is 15.6 Å². The van der Waals surface area contributed by atoms with Gasteiger partial charge in [-0.2, -0.15) is 0 Å². The summed E-state index contributed by atoms with van der Waals surface area (Å²) in [6, 6.07) is 12.8. The van der Waals surface area contributed by atoms with Gasteiger partial charge >= 0.3 is 0 Å². The Kier molecular flexibility index (Phi) is 5.37. The predicted octanol–water partition coefficient (Wildman–Crippen LogP) is 2.97. The van der Waals surface area contributed by atoms with Gasteiger partial charge in [-0.1, -0.05) is 15.9 Å². The van der Waals surface area contributed by atoms with E-state index in [2.05, 4.69) is 26.2 Å². The van der Waals surface area contributed by atoms with Crippen molar-refractivity contribution in [2.45, 2.75) is 13.5 Å². The molecule has 0 aliphatic heterocycles. The molecule has 3 rings (SSSR count). The molecule has 0 atom stereocenters. The molecule has 134 valence electrons. The van der Waals surface area contributed by atoms with Crippen LogP contribution in [-0.4, -0.2) is 29.1 Å². The van der Waals surface area contributed by atoms with Crippen LogP contribution in [0.15, 0.2) is 51.7 Å². The fourth-order valence-corrected chi connectivity index (χ4v) is 3.06. The summed E-state index contributed by atoms with van der Waals surface area (Å²) in [6.07, 6.45) is 0. The molecule has 0 unspecified atom stereocenters. The van der Waals surface area contributed by atoms with E-state index in [1.165, 1.54) is 6.92 Å². The van der Waals surface area contributed by atoms with Crippen molar-refractivity contribution in [3.8, 4) is 17.0 Å². The van der Waals surface area contributed by atoms with Crippen molar-refractivity contribution in [1.29, 1.82) is 0 Å². The third-order valence-electron chi connectivity index (χ3n) is 3.98. The van der Waals surface area contributed by atoms with Crippen LogP contribution in [0.4, 0.5) is 0 Å². The highest BCUT2D eigenvalue weighted by Crippen LogP contribution is 2.22. The number of amides is 1. The van der Waals surface area contributed by atoms with Crippen LogP contribution in [0.1, 0.15) is 6.92 Å². The molecular weight excluding hydrogens is 398 g/mol. The van der Waals surface area contributed by atoms with Crippen molar-refractivity contribution in [2.75, 3.05) is 13.7 Å². The summed E-state index contributed by atoms with van der Waals surface area (Å²) in [5.41, 5.74) is 2.30. The molecule has 0 aliphatic rings. The summed E-state index contributed by atoms with van der Waals surface area (Å²) in [7, 11) is 1.59. The summed E-state index contributed by atoms with van der Waals surface area (Å²) in [6.45, 7) is 2.17. The fourth-order valence-electron chi connectivity index (χ4n) is 2.72. The van der Waals surface area contributed by atoms with Crippen LogP contribution in [0.25, 0.3) is 22.3 Å². The second-order valence-corrected chi connectivity index (χ2v) is 6.68. The SMILES string of the molecule is COc1ccc(-c2nc3ccc(Br)cc3n(CCNC(C)=O)c2=O)cc1. The zero-order valence-corrected chi connectivity index (χ0v) is 16.0. The van der Waals surface area contributed by atoms with E-state index in [0.717, 1.165) is 4.47 Å². The summed E-state index contributed by atoms with van der Waals surface area (Å²) < 4.78 is 7.67. The van der Waals surface area contributed by atoms with Crippen LogP contribution in [-0.2, 0) is 11.3 Å². The van der Waals surface area contributed by atoms with E-state index >= 15 is 0 Å². The van der Waals surface area contributed by atoms with Gasteiger partial charge in [0.05, 0.1) is 18.1 Å². The second kappa shape index (κ2) is 7.70. The number of methoxy groups -OCH3 is 1. The van der Waals surface area contributed by atoms with Gasteiger partial charge in [-0.15, -0.1) is 0 Å². The van der Waals surface area contributed by atoms with E-state index < -0.39 is 0 Å². The zero-order valence-electron chi connectivity index (χ0n) is 14.5. The summed E-state index contributed by atoms with van der Waals surface area (Å²) in [4.78, 5) is 28.8. The number of aromatic nitrogens is 2. The third-order valence-corrected chi connectivity index (χ3v) is 4.47. The molecule has 0 aliphatic carbocycles. The molecule has 0 spiro atoms. The van der Waals surface area contributed by atoms with Crippen LogP contribution in [0, 0.1) is 0 Å². The van der Waals surface area contributed by atoms with Crippen molar-refractivity contribution >= 4 is 32.9 Å². The van der Waals surface area contributed by atoms with Crippen LogP contribution >= 0.6 is 15.9 Å². The van der Waals surface area contributed by atoms with E-state index in [0.29, 0.717) is 41.1 Å². The molecule has 1 heterocycles. The van der Waals surface area contributed by atoms with E-state index in [1.54, 1.807) is 23.8 Å². The van der Waals surface area contributed by atoms with Gasteiger partial charge in [0.15, 0.2) is 0 Å². The van der Waals surface area contributed by atoms with Crippen LogP contribution in [0.2, 0.25) is 0 Å². The molecule has 26 heavy (non-hydrogen) atoms. The van der Waals surface area contributed by atoms with Gasteiger partial charge in [0, 0.05) is 30.0 Å². The molecule has 0 saturated heterocycles. The Morgan fingerprint density at radius 3 is 2.62 bits per heavy atom. The topological polar surface area (TPSA) is 73.2 Å². The molecule has 0 radical (unpaired) electrons. The molecule has 1 aromatic heterocycles. The zero-order chi connectivity index (χ0) is 18.7. The normalized spacial score (nSPS) is 10.7. The first-order chi connectivity index (χ1) is 12.5. The number of fused-ring (bicyclic) bond motifs is 1. The molecular formula is C19H18BrN3O3. The molecule has 1 amide bonds. The summed E-state index contributed by atoms with van der Waals surface area (Å²) in [5.74, 6) is 0.581. The minimum Gasteiger partial charge on any atom is -0.497 e. The van der Waals surface area contributed by atoms with Crippen LogP contribution in [0.5, 0.6) is 5.75 Å². The Bertz CT molecular complexity index is 1010. The summed E-state index contributed by atoms with van der Waals surface area (Å²) in [5, 5.41) is 2.73. The lowest BCUT2D eigenvalue weighted by molar-refractivity contribution is -0.118. The molecule has 0 saturated carbocycles. The number of carbonyl (C=O) groups is 1. The van der Waals surface area contributed by atoms with E-state index in [4.69, 9.17) is 4.74 Å². The molecule has 2 aromatic carbocycles. The number of hydrogen-bond donors (Lipinski definition) is 1. The molecule has 1 N–H and O–H groups in total. The van der Waals surface area contributed by atoms with Gasteiger partial charge in [-0.05, 0) is 42.5 Å². The van der Waals surface area contributed by atoms with Gasteiger partial charge in [-0.25, -0.2) is 4.98 Å². The summed E-state index contributed by atoms with van der Waals surface area (Å²) >= 11 is 3.44. The predicted molar refractivity (Wildman–Crippen MR) is 104 cm³/mol. The highest BCUT2D eigenvalue weighted by atomic mass is 79.9. The first-order valence-electron chi connectivity index (χ1n) is 8.08. The number of halogens is 1. The Morgan fingerprint density at radius 1 is 1.23 bits per heavy atom. The lowest BCUT2D eigenvalue weighted by Crippen LogP contribution is -2.30. The molecule has 3 aromatic rings.